The number of rotatable bonds is 9. The average molecular weight is 465 g/mol. The summed E-state index contributed by atoms with van der Waals surface area (Å²) >= 11 is 0. The van der Waals surface area contributed by atoms with Crippen LogP contribution in [0.15, 0.2) is 65.6 Å². The van der Waals surface area contributed by atoms with E-state index in [0.29, 0.717) is 5.56 Å². The van der Waals surface area contributed by atoms with Gasteiger partial charge in [-0.3, -0.25) is 4.79 Å². The fourth-order valence-electron chi connectivity index (χ4n) is 3.30. The van der Waals surface area contributed by atoms with Gasteiger partial charge in [-0.05, 0) is 29.8 Å². The summed E-state index contributed by atoms with van der Waals surface area (Å²) in [7, 11) is -2.58. The van der Waals surface area contributed by atoms with Crippen molar-refractivity contribution in [2.75, 3.05) is 13.7 Å². The third kappa shape index (κ3) is 6.13. The largest absolute Gasteiger partial charge is 0.495 e. The number of halogens is 1. The summed E-state index contributed by atoms with van der Waals surface area (Å²) in [4.78, 5) is 12.2. The second kappa shape index (κ2) is 10.7. The van der Waals surface area contributed by atoms with E-state index in [9.17, 15) is 22.7 Å². The lowest BCUT2D eigenvalue weighted by Crippen LogP contribution is -2.49. The van der Waals surface area contributed by atoms with Gasteiger partial charge in [-0.1, -0.05) is 36.4 Å². The van der Waals surface area contributed by atoms with E-state index in [1.165, 1.54) is 31.4 Å². The highest BCUT2D eigenvalue weighted by Crippen LogP contribution is 2.24. The fourth-order valence-corrected chi connectivity index (χ4v) is 4.69. The van der Waals surface area contributed by atoms with Crippen molar-refractivity contribution in [3.8, 4) is 5.75 Å². The lowest BCUT2D eigenvalue weighted by Gasteiger charge is -2.31. The topological polar surface area (TPSA) is 114 Å². The summed E-state index contributed by atoms with van der Waals surface area (Å²) in [5, 5.41) is 12.4. The van der Waals surface area contributed by atoms with Crippen LogP contribution in [-0.4, -0.2) is 51.4 Å². The smallest absolute Gasteiger partial charge is 0.244 e. The molecule has 0 aliphatic carbocycles. The maximum atomic E-state index is 13.2. The van der Waals surface area contributed by atoms with E-state index in [1.54, 1.807) is 36.4 Å². The van der Waals surface area contributed by atoms with Crippen molar-refractivity contribution in [2.45, 2.75) is 36.1 Å². The lowest BCUT2D eigenvalue weighted by molar-refractivity contribution is -0.125. The number of ether oxygens (including phenoxy) is 2. The standard InChI is InChI=1S/C22H25FN2O6S/c1-30-19-7-2-3-8-21(19)32(28,29)25-18-10-9-17(31-20(18)14-26)12-22(27)24-13-15-5-4-6-16(23)11-15/h2-11,17-18,20,25-26H,12-14H2,1H3,(H,24,27)/t17-,18+,20+/m0/s1. The molecule has 10 heteroatoms. The molecular weight excluding hydrogens is 439 g/mol. The zero-order chi connectivity index (χ0) is 23.1. The highest BCUT2D eigenvalue weighted by molar-refractivity contribution is 7.89. The number of nitrogens with one attached hydrogen (secondary N) is 2. The number of carbonyl (C=O) groups excluding carboxylic acids is 1. The summed E-state index contributed by atoms with van der Waals surface area (Å²) < 4.78 is 52.1. The number of amides is 1. The molecule has 3 N–H and O–H groups in total. The van der Waals surface area contributed by atoms with E-state index in [0.717, 1.165) is 0 Å². The molecule has 0 saturated heterocycles. The number of aliphatic hydroxyl groups excluding tert-OH is 1. The Morgan fingerprint density at radius 3 is 2.69 bits per heavy atom. The van der Waals surface area contributed by atoms with Gasteiger partial charge >= 0.3 is 0 Å². The molecular formula is C22H25FN2O6S. The maximum absolute atomic E-state index is 13.2. The molecule has 1 amide bonds. The molecule has 1 heterocycles. The van der Waals surface area contributed by atoms with Crippen LogP contribution < -0.4 is 14.8 Å². The van der Waals surface area contributed by atoms with Crippen molar-refractivity contribution in [2.24, 2.45) is 0 Å². The number of methoxy groups -OCH3 is 1. The van der Waals surface area contributed by atoms with Crippen LogP contribution >= 0.6 is 0 Å². The highest BCUT2D eigenvalue weighted by Gasteiger charge is 2.32. The van der Waals surface area contributed by atoms with Gasteiger partial charge in [0, 0.05) is 6.54 Å². The van der Waals surface area contributed by atoms with E-state index >= 15 is 0 Å². The Morgan fingerprint density at radius 1 is 1.19 bits per heavy atom. The van der Waals surface area contributed by atoms with Crippen LogP contribution in [0, 0.1) is 5.82 Å². The van der Waals surface area contributed by atoms with Crippen molar-refractivity contribution in [1.29, 1.82) is 0 Å². The Kier molecular flexibility index (Phi) is 7.97. The van der Waals surface area contributed by atoms with E-state index in [1.807, 2.05) is 0 Å². The van der Waals surface area contributed by atoms with Crippen molar-refractivity contribution in [3.05, 3.63) is 72.1 Å². The monoisotopic (exact) mass is 464 g/mol. The number of benzene rings is 2. The van der Waals surface area contributed by atoms with Gasteiger partial charge in [0.1, 0.15) is 22.6 Å². The van der Waals surface area contributed by atoms with Gasteiger partial charge in [0.2, 0.25) is 15.9 Å². The van der Waals surface area contributed by atoms with Crippen LogP contribution in [-0.2, 0) is 26.1 Å². The van der Waals surface area contributed by atoms with E-state index in [-0.39, 0.29) is 35.3 Å². The molecule has 32 heavy (non-hydrogen) atoms. The molecule has 0 aromatic heterocycles. The number of sulfonamides is 1. The summed E-state index contributed by atoms with van der Waals surface area (Å²) in [6.45, 7) is -0.289. The third-order valence-corrected chi connectivity index (χ3v) is 6.38. The predicted octanol–water partition coefficient (Wildman–Crippen LogP) is 1.50. The molecule has 0 radical (unpaired) electrons. The van der Waals surface area contributed by atoms with Crippen LogP contribution in [0.5, 0.6) is 5.75 Å². The Hall–Kier alpha value is -2.79. The molecule has 1 aliphatic rings. The predicted molar refractivity (Wildman–Crippen MR) is 115 cm³/mol. The number of para-hydroxylation sites is 1. The van der Waals surface area contributed by atoms with Crippen molar-refractivity contribution in [1.82, 2.24) is 10.0 Å². The summed E-state index contributed by atoms with van der Waals surface area (Å²) in [6, 6.07) is 11.2. The first-order chi connectivity index (χ1) is 15.3. The lowest BCUT2D eigenvalue weighted by atomic mass is 10.1. The minimum absolute atomic E-state index is 0.0334. The summed E-state index contributed by atoms with van der Waals surface area (Å²) in [5.41, 5.74) is 0.623. The molecule has 3 atom stereocenters. The Labute approximate surface area is 186 Å². The molecule has 0 saturated carbocycles. The van der Waals surface area contributed by atoms with Crippen LogP contribution in [0.3, 0.4) is 0 Å². The van der Waals surface area contributed by atoms with Crippen molar-refractivity contribution < 1.29 is 32.2 Å². The zero-order valence-corrected chi connectivity index (χ0v) is 18.2. The molecule has 172 valence electrons. The van der Waals surface area contributed by atoms with Gasteiger partial charge < -0.3 is 19.9 Å². The first-order valence-electron chi connectivity index (χ1n) is 9.93. The van der Waals surface area contributed by atoms with Gasteiger partial charge in [-0.25, -0.2) is 17.5 Å². The number of carbonyl (C=O) groups is 1. The van der Waals surface area contributed by atoms with Gasteiger partial charge in [-0.2, -0.15) is 0 Å². The second-order valence-electron chi connectivity index (χ2n) is 7.19. The first-order valence-corrected chi connectivity index (χ1v) is 11.4. The van der Waals surface area contributed by atoms with Gasteiger partial charge in [0.05, 0.1) is 32.3 Å². The Bertz CT molecular complexity index is 1080. The molecule has 0 bridgehead atoms. The zero-order valence-electron chi connectivity index (χ0n) is 17.4. The van der Waals surface area contributed by atoms with Crippen LogP contribution in [0.25, 0.3) is 0 Å². The molecule has 0 unspecified atom stereocenters. The average Bonchev–Trinajstić information content (AvgIpc) is 2.78. The molecule has 0 fully saturated rings. The SMILES string of the molecule is COc1ccccc1S(=O)(=O)N[C@@H]1C=C[C@@H](CC(=O)NCc2cccc(F)c2)O[C@@H]1CO. The minimum atomic E-state index is -3.96. The van der Waals surface area contributed by atoms with E-state index < -0.39 is 34.9 Å². The Morgan fingerprint density at radius 2 is 1.97 bits per heavy atom. The van der Waals surface area contributed by atoms with Gasteiger partial charge in [0.25, 0.3) is 0 Å². The molecule has 0 spiro atoms. The van der Waals surface area contributed by atoms with Crippen LogP contribution in [0.1, 0.15) is 12.0 Å². The van der Waals surface area contributed by atoms with Crippen LogP contribution in [0.2, 0.25) is 0 Å². The highest BCUT2D eigenvalue weighted by atomic mass is 32.2. The van der Waals surface area contributed by atoms with Gasteiger partial charge in [0.15, 0.2) is 0 Å². The maximum Gasteiger partial charge on any atom is 0.244 e. The van der Waals surface area contributed by atoms with Crippen LogP contribution in [0.4, 0.5) is 4.39 Å². The molecule has 2 aromatic carbocycles. The third-order valence-electron chi connectivity index (χ3n) is 4.88. The Balaban J connectivity index is 1.61. The normalized spacial score (nSPS) is 20.7. The number of hydrogen-bond acceptors (Lipinski definition) is 6. The molecule has 8 nitrogen and oxygen atoms in total. The van der Waals surface area contributed by atoms with Crippen molar-refractivity contribution in [3.63, 3.8) is 0 Å². The van der Waals surface area contributed by atoms with E-state index in [2.05, 4.69) is 10.0 Å². The molecule has 3 rings (SSSR count). The number of aliphatic hydroxyl groups is 1. The van der Waals surface area contributed by atoms with Gasteiger partial charge in [-0.15, -0.1) is 0 Å². The van der Waals surface area contributed by atoms with E-state index in [4.69, 9.17) is 9.47 Å². The molecule has 2 aromatic rings. The van der Waals surface area contributed by atoms with Crippen molar-refractivity contribution >= 4 is 15.9 Å². The number of hydrogen-bond donors (Lipinski definition) is 3. The summed E-state index contributed by atoms with van der Waals surface area (Å²) in [5.74, 6) is -0.523. The minimum Gasteiger partial charge on any atom is -0.495 e. The first kappa shape index (κ1) is 23.9. The summed E-state index contributed by atoms with van der Waals surface area (Å²) in [6.07, 6.45) is 1.57. The quantitative estimate of drug-likeness (QED) is 0.485. The second-order valence-corrected chi connectivity index (χ2v) is 8.87. The molecule has 1 aliphatic heterocycles. The fraction of sp³-hybridized carbons (Fsp3) is 0.318.